The predicted molar refractivity (Wildman–Crippen MR) is 79.2 cm³/mol. The zero-order valence-corrected chi connectivity index (χ0v) is 12.4. The lowest BCUT2D eigenvalue weighted by atomic mass is 10.2. The van der Waals surface area contributed by atoms with Crippen molar-refractivity contribution in [3.63, 3.8) is 0 Å². The van der Waals surface area contributed by atoms with E-state index in [0.29, 0.717) is 5.69 Å². The van der Waals surface area contributed by atoms with Gasteiger partial charge >= 0.3 is 5.97 Å². The molecule has 0 bridgehead atoms. The molecule has 7 nitrogen and oxygen atoms in total. The molecular formula is C15H18N2O5. The van der Waals surface area contributed by atoms with Crippen molar-refractivity contribution in [2.24, 2.45) is 0 Å². The summed E-state index contributed by atoms with van der Waals surface area (Å²) in [5, 5.41) is 21.7. The number of amides is 1. The lowest BCUT2D eigenvalue weighted by Crippen LogP contribution is -2.31. The van der Waals surface area contributed by atoms with Crippen molar-refractivity contribution in [3.8, 4) is 5.75 Å². The number of anilines is 1. The van der Waals surface area contributed by atoms with E-state index < -0.39 is 11.9 Å². The molecule has 0 unspecified atom stereocenters. The smallest absolute Gasteiger partial charge is 0.337 e. The Kier molecular flexibility index (Phi) is 4.67. The third-order valence-corrected chi connectivity index (χ3v) is 3.37. The summed E-state index contributed by atoms with van der Waals surface area (Å²) in [5.74, 6) is -1.07. The molecule has 1 aromatic carbocycles. The van der Waals surface area contributed by atoms with Gasteiger partial charge in [-0.1, -0.05) is 6.07 Å². The minimum Gasteiger partial charge on any atom is -0.506 e. The fraction of sp³-hybridized carbons (Fsp3) is 0.333. The van der Waals surface area contributed by atoms with E-state index in [0.717, 1.165) is 5.56 Å². The summed E-state index contributed by atoms with van der Waals surface area (Å²) in [7, 11) is 1.23. The first-order valence-corrected chi connectivity index (χ1v) is 6.76. The summed E-state index contributed by atoms with van der Waals surface area (Å²) in [6.45, 7) is 1.81. The van der Waals surface area contributed by atoms with E-state index in [1.165, 1.54) is 18.1 Å². The number of β-amino-alcohol motifs (C(OH)–C–C–N with tert-alkyl or cyclic N) is 1. The molecule has 1 amide bonds. The number of nitrogens with zero attached hydrogens (tertiary/aromatic N) is 1. The molecule has 1 aliphatic heterocycles. The Morgan fingerprint density at radius 1 is 1.45 bits per heavy atom. The van der Waals surface area contributed by atoms with Crippen LogP contribution in [0.2, 0.25) is 0 Å². The second-order valence-corrected chi connectivity index (χ2v) is 4.94. The van der Waals surface area contributed by atoms with E-state index in [-0.39, 0.29) is 36.7 Å². The number of ether oxygens (including phenoxy) is 1. The Hall–Kier alpha value is -2.54. The van der Waals surface area contributed by atoms with E-state index in [1.807, 2.05) is 6.92 Å². The summed E-state index contributed by atoms with van der Waals surface area (Å²) in [6, 6.07) is 4.89. The number of phenolic OH excluding ortho intramolecular Hbond substituents is 1. The van der Waals surface area contributed by atoms with Gasteiger partial charge in [0.1, 0.15) is 11.4 Å². The van der Waals surface area contributed by atoms with E-state index in [9.17, 15) is 14.7 Å². The molecule has 3 N–H and O–H groups in total. The first kappa shape index (κ1) is 15.8. The van der Waals surface area contributed by atoms with Crippen molar-refractivity contribution in [1.29, 1.82) is 0 Å². The second-order valence-electron chi connectivity index (χ2n) is 4.94. The van der Waals surface area contributed by atoms with Crippen molar-refractivity contribution in [2.75, 3.05) is 32.1 Å². The maximum Gasteiger partial charge on any atom is 0.337 e. The average molecular weight is 306 g/mol. The van der Waals surface area contributed by atoms with Crippen LogP contribution < -0.4 is 5.32 Å². The van der Waals surface area contributed by atoms with Crippen LogP contribution >= 0.6 is 0 Å². The predicted octanol–water partition coefficient (Wildman–Crippen LogP) is 0.374. The van der Waals surface area contributed by atoms with Gasteiger partial charge in [-0.25, -0.2) is 4.79 Å². The van der Waals surface area contributed by atoms with Gasteiger partial charge in [0.2, 0.25) is 0 Å². The zero-order valence-electron chi connectivity index (χ0n) is 12.4. The molecule has 0 fully saturated rings. The van der Waals surface area contributed by atoms with Crippen LogP contribution in [0.25, 0.3) is 0 Å². The van der Waals surface area contributed by atoms with Gasteiger partial charge < -0.3 is 25.2 Å². The number of rotatable bonds is 5. The van der Waals surface area contributed by atoms with Crippen molar-refractivity contribution in [3.05, 3.63) is 35.0 Å². The molecule has 1 aromatic rings. The Bertz CT molecular complexity index is 639. The fourth-order valence-corrected chi connectivity index (χ4v) is 2.23. The number of phenols is 1. The van der Waals surface area contributed by atoms with Gasteiger partial charge in [-0.2, -0.15) is 0 Å². The standard InChI is InChI=1S/C15H18N2O5/c1-9-3-4-12(19)11(7-9)16-13-10(15(21)22-2)8-17(5-6-18)14(13)20/h3-4,7,16,18-19H,5-6,8H2,1-2H3. The number of esters is 1. The largest absolute Gasteiger partial charge is 0.506 e. The highest BCUT2D eigenvalue weighted by molar-refractivity contribution is 6.08. The maximum atomic E-state index is 12.3. The lowest BCUT2D eigenvalue weighted by molar-refractivity contribution is -0.136. The highest BCUT2D eigenvalue weighted by Crippen LogP contribution is 2.29. The minimum atomic E-state index is -0.622. The van der Waals surface area contributed by atoms with Crippen LogP contribution in [0.1, 0.15) is 5.56 Å². The van der Waals surface area contributed by atoms with Crippen LogP contribution in [-0.2, 0) is 14.3 Å². The molecule has 7 heteroatoms. The number of aromatic hydroxyl groups is 1. The molecule has 0 saturated heterocycles. The van der Waals surface area contributed by atoms with Crippen LogP contribution in [0.3, 0.4) is 0 Å². The summed E-state index contributed by atoms with van der Waals surface area (Å²) < 4.78 is 4.69. The number of hydrogen-bond donors (Lipinski definition) is 3. The number of carbonyl (C=O) groups excluding carboxylic acids is 2. The summed E-state index contributed by atoms with van der Waals surface area (Å²) in [4.78, 5) is 25.5. The van der Waals surface area contributed by atoms with Crippen molar-refractivity contribution in [2.45, 2.75) is 6.92 Å². The molecule has 0 saturated carbocycles. The molecule has 0 aliphatic carbocycles. The van der Waals surface area contributed by atoms with E-state index in [4.69, 9.17) is 9.84 Å². The lowest BCUT2D eigenvalue weighted by Gasteiger charge is -2.15. The molecule has 0 aromatic heterocycles. The SMILES string of the molecule is COC(=O)C1=C(Nc2cc(C)ccc2O)C(=O)N(CCO)C1. The van der Waals surface area contributed by atoms with Crippen molar-refractivity contribution >= 4 is 17.6 Å². The van der Waals surface area contributed by atoms with Gasteiger partial charge in [0.05, 0.1) is 31.5 Å². The number of aryl methyl sites for hydroxylation is 1. The molecular weight excluding hydrogens is 288 g/mol. The number of carbonyl (C=O) groups is 2. The van der Waals surface area contributed by atoms with Crippen LogP contribution in [0, 0.1) is 6.92 Å². The second kappa shape index (κ2) is 6.48. The van der Waals surface area contributed by atoms with Crippen LogP contribution in [0.15, 0.2) is 29.5 Å². The third-order valence-electron chi connectivity index (χ3n) is 3.37. The molecule has 22 heavy (non-hydrogen) atoms. The fourth-order valence-electron chi connectivity index (χ4n) is 2.23. The average Bonchev–Trinajstić information content (AvgIpc) is 2.80. The third kappa shape index (κ3) is 3.04. The number of nitrogens with one attached hydrogen (secondary N) is 1. The molecule has 1 aliphatic rings. The first-order valence-electron chi connectivity index (χ1n) is 6.76. The first-order chi connectivity index (χ1) is 10.5. The number of methoxy groups -OCH3 is 1. The maximum absolute atomic E-state index is 12.3. The molecule has 0 atom stereocenters. The normalized spacial score (nSPS) is 14.5. The van der Waals surface area contributed by atoms with Gasteiger partial charge in [0.15, 0.2) is 0 Å². The van der Waals surface area contributed by atoms with Gasteiger partial charge in [0, 0.05) is 6.54 Å². The van der Waals surface area contributed by atoms with E-state index in [2.05, 4.69) is 5.32 Å². The Balaban J connectivity index is 2.36. The van der Waals surface area contributed by atoms with Gasteiger partial charge in [-0.15, -0.1) is 0 Å². The van der Waals surface area contributed by atoms with Gasteiger partial charge in [-0.05, 0) is 24.6 Å². The molecule has 0 radical (unpaired) electrons. The van der Waals surface area contributed by atoms with Crippen molar-refractivity contribution < 1.29 is 24.5 Å². The number of benzene rings is 1. The molecule has 2 rings (SSSR count). The number of aliphatic hydroxyl groups is 1. The molecule has 1 heterocycles. The summed E-state index contributed by atoms with van der Waals surface area (Å²) >= 11 is 0. The summed E-state index contributed by atoms with van der Waals surface area (Å²) in [5.41, 5.74) is 1.44. The number of hydrogen-bond acceptors (Lipinski definition) is 6. The topological polar surface area (TPSA) is 99.1 Å². The Morgan fingerprint density at radius 3 is 2.82 bits per heavy atom. The quantitative estimate of drug-likeness (QED) is 0.537. The zero-order chi connectivity index (χ0) is 16.3. The van der Waals surface area contributed by atoms with Crippen LogP contribution in [-0.4, -0.2) is 53.8 Å². The van der Waals surface area contributed by atoms with Crippen molar-refractivity contribution in [1.82, 2.24) is 4.90 Å². The number of aliphatic hydroxyl groups excluding tert-OH is 1. The highest BCUT2D eigenvalue weighted by atomic mass is 16.5. The van der Waals surface area contributed by atoms with E-state index in [1.54, 1.807) is 12.1 Å². The van der Waals surface area contributed by atoms with E-state index >= 15 is 0 Å². The monoisotopic (exact) mass is 306 g/mol. The van der Waals surface area contributed by atoms with Gasteiger partial charge in [0.25, 0.3) is 5.91 Å². The molecule has 118 valence electrons. The van der Waals surface area contributed by atoms with Crippen LogP contribution in [0.5, 0.6) is 5.75 Å². The summed E-state index contributed by atoms with van der Waals surface area (Å²) in [6.07, 6.45) is 0. The Labute approximate surface area is 127 Å². The highest BCUT2D eigenvalue weighted by Gasteiger charge is 2.34. The Morgan fingerprint density at radius 2 is 2.18 bits per heavy atom. The molecule has 0 spiro atoms. The van der Waals surface area contributed by atoms with Gasteiger partial charge in [-0.3, -0.25) is 4.79 Å². The minimum absolute atomic E-state index is 0.0317. The van der Waals surface area contributed by atoms with Crippen LogP contribution in [0.4, 0.5) is 5.69 Å².